The van der Waals surface area contributed by atoms with Crippen LogP contribution in [0.2, 0.25) is 0 Å². The highest BCUT2D eigenvalue weighted by Crippen LogP contribution is 2.16. The summed E-state index contributed by atoms with van der Waals surface area (Å²) in [6.45, 7) is 10.4. The molecule has 2 heterocycles. The third-order valence-corrected chi connectivity index (χ3v) is 5.88. The minimum atomic E-state index is 0.652. The molecule has 4 nitrogen and oxygen atoms in total. The average molecular weight is 365 g/mol. The van der Waals surface area contributed by atoms with Gasteiger partial charge in [0.05, 0.1) is 0 Å². The molecule has 2 saturated heterocycles. The number of benzene rings is 2. The van der Waals surface area contributed by atoms with Gasteiger partial charge in [0.2, 0.25) is 0 Å². The molecule has 0 saturated carbocycles. The molecule has 2 aromatic carbocycles. The fourth-order valence-corrected chi connectivity index (χ4v) is 4.28. The van der Waals surface area contributed by atoms with Gasteiger partial charge < -0.3 is 10.2 Å². The van der Waals surface area contributed by atoms with Crippen LogP contribution in [-0.4, -0.2) is 68.2 Å². The van der Waals surface area contributed by atoms with Gasteiger partial charge in [0.1, 0.15) is 0 Å². The Hall–Kier alpha value is -1.88. The van der Waals surface area contributed by atoms with E-state index in [1.165, 1.54) is 43.9 Å². The lowest BCUT2D eigenvalue weighted by molar-refractivity contribution is 0.252. The maximum Gasteiger partial charge on any atom is 0.0367 e. The van der Waals surface area contributed by atoms with Gasteiger partial charge in [-0.3, -0.25) is 9.80 Å². The minimum Gasteiger partial charge on any atom is -0.369 e. The normalized spacial score (nSPS) is 21.6. The number of anilines is 1. The molecule has 1 N–H and O–H groups in total. The first-order chi connectivity index (χ1) is 13.4. The lowest BCUT2D eigenvalue weighted by Crippen LogP contribution is -2.49. The molecule has 0 bridgehead atoms. The van der Waals surface area contributed by atoms with Gasteiger partial charge in [-0.15, -0.1) is 0 Å². The summed E-state index contributed by atoms with van der Waals surface area (Å²) in [4.78, 5) is 7.68. The molecule has 4 rings (SSSR count). The summed E-state index contributed by atoms with van der Waals surface area (Å²) in [5.41, 5.74) is 2.79. The number of rotatable bonds is 7. The van der Waals surface area contributed by atoms with Crippen LogP contribution < -0.4 is 10.2 Å². The quantitative estimate of drug-likeness (QED) is 0.815. The molecule has 27 heavy (non-hydrogen) atoms. The van der Waals surface area contributed by atoms with E-state index in [4.69, 9.17) is 0 Å². The van der Waals surface area contributed by atoms with Gasteiger partial charge in [0.15, 0.2) is 0 Å². The third-order valence-electron chi connectivity index (χ3n) is 5.88. The SMILES string of the molecule is c1ccc(CN2CCC(NCCN3CCN(c4ccccc4)CC3)C2)cc1. The Morgan fingerprint density at radius 1 is 0.778 bits per heavy atom. The van der Waals surface area contributed by atoms with Gasteiger partial charge in [0, 0.05) is 70.6 Å². The monoisotopic (exact) mass is 364 g/mol. The Bertz CT molecular complexity index is 665. The fourth-order valence-electron chi connectivity index (χ4n) is 4.28. The van der Waals surface area contributed by atoms with E-state index < -0.39 is 0 Å². The first-order valence-electron chi connectivity index (χ1n) is 10.4. The summed E-state index contributed by atoms with van der Waals surface area (Å²) in [7, 11) is 0. The Labute approximate surface area is 163 Å². The van der Waals surface area contributed by atoms with E-state index in [-0.39, 0.29) is 0 Å². The van der Waals surface area contributed by atoms with Crippen LogP contribution in [0, 0.1) is 0 Å². The van der Waals surface area contributed by atoms with Crippen molar-refractivity contribution in [3.8, 4) is 0 Å². The van der Waals surface area contributed by atoms with Crippen LogP contribution in [0.3, 0.4) is 0 Å². The zero-order chi connectivity index (χ0) is 18.3. The molecule has 144 valence electrons. The van der Waals surface area contributed by atoms with Crippen molar-refractivity contribution in [2.75, 3.05) is 57.3 Å². The van der Waals surface area contributed by atoms with Crippen LogP contribution >= 0.6 is 0 Å². The number of likely N-dealkylation sites (tertiary alicyclic amines) is 1. The topological polar surface area (TPSA) is 21.8 Å². The second kappa shape index (κ2) is 9.36. The van der Waals surface area contributed by atoms with E-state index in [9.17, 15) is 0 Å². The van der Waals surface area contributed by atoms with Crippen LogP contribution in [0.25, 0.3) is 0 Å². The maximum atomic E-state index is 3.79. The smallest absolute Gasteiger partial charge is 0.0367 e. The Morgan fingerprint density at radius 3 is 2.22 bits per heavy atom. The average Bonchev–Trinajstić information content (AvgIpc) is 3.17. The molecule has 1 unspecified atom stereocenters. The molecule has 0 aliphatic carbocycles. The molecular formula is C23H32N4. The van der Waals surface area contributed by atoms with Crippen LogP contribution in [-0.2, 0) is 6.54 Å². The Kier molecular flexibility index (Phi) is 6.40. The van der Waals surface area contributed by atoms with E-state index in [2.05, 4.69) is 80.7 Å². The first kappa shape index (κ1) is 18.5. The van der Waals surface area contributed by atoms with Crippen molar-refractivity contribution < 1.29 is 0 Å². The summed E-state index contributed by atoms with van der Waals surface area (Å²) in [5.74, 6) is 0. The van der Waals surface area contributed by atoms with Gasteiger partial charge in [-0.2, -0.15) is 0 Å². The Morgan fingerprint density at radius 2 is 1.48 bits per heavy atom. The number of nitrogens with zero attached hydrogens (tertiary/aromatic N) is 3. The summed E-state index contributed by atoms with van der Waals surface area (Å²) in [6, 6.07) is 22.3. The molecule has 2 aromatic rings. The lowest BCUT2D eigenvalue weighted by atomic mass is 10.2. The Balaban J connectivity index is 1.12. The van der Waals surface area contributed by atoms with Crippen molar-refractivity contribution in [1.29, 1.82) is 0 Å². The van der Waals surface area contributed by atoms with E-state index in [1.54, 1.807) is 0 Å². The number of hydrogen-bond acceptors (Lipinski definition) is 4. The van der Waals surface area contributed by atoms with Crippen LogP contribution in [0.1, 0.15) is 12.0 Å². The predicted octanol–water partition coefficient (Wildman–Crippen LogP) is 2.67. The molecule has 2 aliphatic heterocycles. The molecule has 2 fully saturated rings. The predicted molar refractivity (Wildman–Crippen MR) is 113 cm³/mol. The van der Waals surface area contributed by atoms with E-state index in [0.717, 1.165) is 32.7 Å². The van der Waals surface area contributed by atoms with Crippen LogP contribution in [0.5, 0.6) is 0 Å². The molecule has 0 spiro atoms. The van der Waals surface area contributed by atoms with Gasteiger partial charge in [-0.05, 0) is 24.1 Å². The molecule has 0 radical (unpaired) electrons. The number of hydrogen-bond donors (Lipinski definition) is 1. The second-order valence-electron chi connectivity index (χ2n) is 7.82. The summed E-state index contributed by atoms with van der Waals surface area (Å²) < 4.78 is 0. The van der Waals surface area contributed by atoms with Gasteiger partial charge in [-0.25, -0.2) is 0 Å². The van der Waals surface area contributed by atoms with Crippen molar-refractivity contribution in [2.24, 2.45) is 0 Å². The molecule has 2 aliphatic rings. The second-order valence-corrected chi connectivity index (χ2v) is 7.82. The zero-order valence-electron chi connectivity index (χ0n) is 16.3. The molecule has 0 aromatic heterocycles. The number of piperazine rings is 1. The third kappa shape index (κ3) is 5.32. The minimum absolute atomic E-state index is 0.652. The maximum absolute atomic E-state index is 3.79. The van der Waals surface area contributed by atoms with E-state index in [1.807, 2.05) is 0 Å². The van der Waals surface area contributed by atoms with E-state index in [0.29, 0.717) is 6.04 Å². The highest BCUT2D eigenvalue weighted by molar-refractivity contribution is 5.46. The zero-order valence-corrected chi connectivity index (χ0v) is 16.3. The van der Waals surface area contributed by atoms with Crippen LogP contribution in [0.15, 0.2) is 60.7 Å². The lowest BCUT2D eigenvalue weighted by Gasteiger charge is -2.36. The van der Waals surface area contributed by atoms with Crippen molar-refractivity contribution in [2.45, 2.75) is 19.0 Å². The number of para-hydroxylation sites is 1. The summed E-state index contributed by atoms with van der Waals surface area (Å²) in [6.07, 6.45) is 1.27. The first-order valence-corrected chi connectivity index (χ1v) is 10.4. The van der Waals surface area contributed by atoms with Crippen molar-refractivity contribution in [1.82, 2.24) is 15.1 Å². The largest absolute Gasteiger partial charge is 0.369 e. The van der Waals surface area contributed by atoms with Crippen molar-refractivity contribution in [3.05, 3.63) is 66.2 Å². The van der Waals surface area contributed by atoms with Crippen LogP contribution in [0.4, 0.5) is 5.69 Å². The van der Waals surface area contributed by atoms with Crippen molar-refractivity contribution in [3.63, 3.8) is 0 Å². The van der Waals surface area contributed by atoms with Gasteiger partial charge in [-0.1, -0.05) is 48.5 Å². The molecular weight excluding hydrogens is 332 g/mol. The summed E-state index contributed by atoms with van der Waals surface area (Å²) >= 11 is 0. The molecule has 1 atom stereocenters. The standard InChI is InChI=1S/C23H32N4/c1-3-7-21(8-4-1)19-26-13-11-22(20-26)24-12-14-25-15-17-27(18-16-25)23-9-5-2-6-10-23/h1-10,22,24H,11-20H2. The number of nitrogens with one attached hydrogen (secondary N) is 1. The fraction of sp³-hybridized carbons (Fsp3) is 0.478. The van der Waals surface area contributed by atoms with Gasteiger partial charge in [0.25, 0.3) is 0 Å². The summed E-state index contributed by atoms with van der Waals surface area (Å²) in [5, 5.41) is 3.79. The van der Waals surface area contributed by atoms with E-state index >= 15 is 0 Å². The van der Waals surface area contributed by atoms with Crippen molar-refractivity contribution >= 4 is 5.69 Å². The molecule has 4 heteroatoms. The molecule has 0 amide bonds. The highest BCUT2D eigenvalue weighted by atomic mass is 15.3. The van der Waals surface area contributed by atoms with Gasteiger partial charge >= 0.3 is 0 Å². The highest BCUT2D eigenvalue weighted by Gasteiger charge is 2.22.